The third kappa shape index (κ3) is 3.63. The smallest absolute Gasteiger partial charge is 0.325 e. The first-order chi connectivity index (χ1) is 16.2. The van der Waals surface area contributed by atoms with E-state index in [-0.39, 0.29) is 0 Å². The summed E-state index contributed by atoms with van der Waals surface area (Å²) in [6.45, 7) is 3.84. The number of carbonyl (C=O) groups excluding carboxylic acids is 2. The van der Waals surface area contributed by atoms with E-state index >= 15 is 0 Å². The van der Waals surface area contributed by atoms with E-state index in [1.165, 1.54) is 0 Å². The van der Waals surface area contributed by atoms with Crippen LogP contribution in [0.3, 0.4) is 0 Å². The lowest BCUT2D eigenvalue weighted by molar-refractivity contribution is -0.154. The molecule has 0 aliphatic carbocycles. The number of para-hydroxylation sites is 1. The van der Waals surface area contributed by atoms with E-state index < -0.39 is 53.6 Å². The van der Waals surface area contributed by atoms with Gasteiger partial charge in [-0.25, -0.2) is 4.90 Å². The van der Waals surface area contributed by atoms with E-state index in [0.717, 1.165) is 20.5 Å². The zero-order chi connectivity index (χ0) is 24.8. The van der Waals surface area contributed by atoms with Crippen LogP contribution in [0.1, 0.15) is 43.0 Å². The topological polar surface area (TPSA) is 124 Å². The molecule has 0 spiro atoms. The Balaban J connectivity index is 1.92. The van der Waals surface area contributed by atoms with Crippen LogP contribution in [0.15, 0.2) is 46.9 Å². The second kappa shape index (κ2) is 8.96. The normalized spacial score (nSPS) is 26.1. The number of aliphatic carboxylic acids is 2. The quantitative estimate of drug-likeness (QED) is 0.470. The number of hydrogen-bond donors (Lipinski definition) is 3. The fourth-order valence-electron chi connectivity index (χ4n) is 5.36. The Kier molecular flexibility index (Phi) is 6.35. The molecule has 4 unspecified atom stereocenters. The van der Waals surface area contributed by atoms with Gasteiger partial charge in [-0.05, 0) is 41.7 Å². The van der Waals surface area contributed by atoms with Crippen LogP contribution in [0.5, 0.6) is 0 Å². The van der Waals surface area contributed by atoms with Crippen molar-refractivity contribution in [1.82, 2.24) is 5.32 Å². The minimum Gasteiger partial charge on any atom is -0.481 e. The third-order valence-corrected chi connectivity index (χ3v) is 7.41. The number of nitrogens with zero attached hydrogens (tertiary/aromatic N) is 1. The fourth-order valence-corrected chi connectivity index (χ4v) is 5.62. The van der Waals surface area contributed by atoms with E-state index in [9.17, 15) is 29.4 Å². The molecule has 3 N–H and O–H groups in total. The molecule has 8 nitrogen and oxygen atoms in total. The van der Waals surface area contributed by atoms with Crippen LogP contribution >= 0.6 is 15.9 Å². The molecule has 9 heteroatoms. The molecule has 2 saturated heterocycles. The van der Waals surface area contributed by atoms with Crippen molar-refractivity contribution in [2.45, 2.75) is 44.7 Å². The Morgan fingerprint density at radius 3 is 2.09 bits per heavy atom. The van der Waals surface area contributed by atoms with Crippen LogP contribution in [-0.2, 0) is 32.0 Å². The van der Waals surface area contributed by atoms with Gasteiger partial charge in [-0.2, -0.15) is 0 Å². The number of nitrogens with one attached hydrogen (secondary N) is 1. The van der Waals surface area contributed by atoms with Crippen molar-refractivity contribution in [2.24, 2.45) is 11.8 Å². The van der Waals surface area contributed by atoms with Gasteiger partial charge in [0.1, 0.15) is 5.54 Å². The molecule has 0 aromatic heterocycles. The Morgan fingerprint density at radius 1 is 1.00 bits per heavy atom. The summed E-state index contributed by atoms with van der Waals surface area (Å²) in [7, 11) is 0. The van der Waals surface area contributed by atoms with Crippen molar-refractivity contribution in [3.8, 4) is 0 Å². The van der Waals surface area contributed by atoms with E-state index in [2.05, 4.69) is 21.2 Å². The molecular weight excluding hydrogens is 504 g/mol. The molecule has 0 radical (unpaired) electrons. The van der Waals surface area contributed by atoms with Gasteiger partial charge < -0.3 is 10.2 Å². The number of carboxylic acid groups (broad SMARTS) is 2. The van der Waals surface area contributed by atoms with Crippen LogP contribution in [0.2, 0.25) is 0 Å². The van der Waals surface area contributed by atoms with Gasteiger partial charge in [0, 0.05) is 10.5 Å². The Bertz CT molecular complexity index is 1160. The summed E-state index contributed by atoms with van der Waals surface area (Å²) in [6, 6.07) is 11.7. The van der Waals surface area contributed by atoms with Crippen molar-refractivity contribution in [1.29, 1.82) is 0 Å². The van der Waals surface area contributed by atoms with Gasteiger partial charge in [-0.3, -0.25) is 24.5 Å². The monoisotopic (exact) mass is 528 g/mol. The zero-order valence-electron chi connectivity index (χ0n) is 18.7. The number of carbonyl (C=O) groups is 4. The van der Waals surface area contributed by atoms with Gasteiger partial charge in [0.25, 0.3) is 0 Å². The second-order valence-corrected chi connectivity index (χ2v) is 9.58. The highest BCUT2D eigenvalue weighted by molar-refractivity contribution is 9.10. The summed E-state index contributed by atoms with van der Waals surface area (Å²) in [6.07, 6.45) is 0.311. The Morgan fingerprint density at radius 2 is 1.59 bits per heavy atom. The molecule has 2 amide bonds. The lowest BCUT2D eigenvalue weighted by Crippen LogP contribution is -2.57. The average molecular weight is 529 g/mol. The first kappa shape index (κ1) is 24.1. The van der Waals surface area contributed by atoms with Crippen LogP contribution < -0.4 is 10.2 Å². The number of anilines is 1. The molecule has 0 bridgehead atoms. The summed E-state index contributed by atoms with van der Waals surface area (Å²) in [5.74, 6) is -6.45. The van der Waals surface area contributed by atoms with Gasteiger partial charge in [-0.15, -0.1) is 0 Å². The second-order valence-electron chi connectivity index (χ2n) is 8.67. The largest absolute Gasteiger partial charge is 0.481 e. The van der Waals surface area contributed by atoms with E-state index in [1.807, 2.05) is 32.0 Å². The number of rotatable bonds is 7. The molecule has 2 aliphatic rings. The molecule has 178 valence electrons. The molecule has 0 saturated carbocycles. The lowest BCUT2D eigenvalue weighted by atomic mass is 9.77. The third-order valence-electron chi connectivity index (χ3n) is 6.88. The lowest BCUT2D eigenvalue weighted by Gasteiger charge is -2.30. The van der Waals surface area contributed by atoms with Gasteiger partial charge in [0.2, 0.25) is 11.8 Å². The number of benzene rings is 2. The van der Waals surface area contributed by atoms with Gasteiger partial charge in [0.15, 0.2) is 0 Å². The molecule has 4 rings (SSSR count). The first-order valence-corrected chi connectivity index (χ1v) is 11.9. The van der Waals surface area contributed by atoms with Crippen molar-refractivity contribution in [3.05, 3.63) is 63.6 Å². The predicted molar refractivity (Wildman–Crippen MR) is 127 cm³/mol. The summed E-state index contributed by atoms with van der Waals surface area (Å²) in [5.41, 5.74) is 0.570. The summed E-state index contributed by atoms with van der Waals surface area (Å²) in [5, 5.41) is 22.7. The molecule has 2 fully saturated rings. The standard InChI is InChI=1S/C25H25BrN2O6/c1-3-13-6-5-7-14(4-2)21(13)28-22(31)18-19(23(28)32)25(24(33)34,12-17(29)30)27-20(18)15-8-10-16(26)11-9-15/h5-11,18-20,27H,3-4,12H2,1-2H3,(H,29,30)(H,33,34). The van der Waals surface area contributed by atoms with Gasteiger partial charge in [-0.1, -0.05) is 60.1 Å². The molecule has 2 aliphatic heterocycles. The molecule has 4 atom stereocenters. The van der Waals surface area contributed by atoms with Crippen molar-refractivity contribution in [3.63, 3.8) is 0 Å². The Hall–Kier alpha value is -3.04. The molecule has 2 aromatic carbocycles. The number of imide groups is 1. The van der Waals surface area contributed by atoms with Crippen LogP contribution in [0.25, 0.3) is 0 Å². The fraction of sp³-hybridized carbons (Fsp3) is 0.360. The number of carboxylic acids is 2. The minimum absolute atomic E-state index is 0.487. The van der Waals surface area contributed by atoms with E-state index in [0.29, 0.717) is 24.1 Å². The summed E-state index contributed by atoms with van der Waals surface area (Å²) in [4.78, 5) is 53.2. The number of hydrogen-bond acceptors (Lipinski definition) is 5. The molecule has 2 aromatic rings. The van der Waals surface area contributed by atoms with Crippen molar-refractivity contribution in [2.75, 3.05) is 4.90 Å². The Labute approximate surface area is 205 Å². The van der Waals surface area contributed by atoms with Gasteiger partial charge in [0.05, 0.1) is 23.9 Å². The maximum absolute atomic E-state index is 13.9. The molecular formula is C25H25BrN2O6. The maximum atomic E-state index is 13.9. The molecule has 34 heavy (non-hydrogen) atoms. The summed E-state index contributed by atoms with van der Waals surface area (Å²) >= 11 is 3.36. The zero-order valence-corrected chi connectivity index (χ0v) is 20.3. The number of fused-ring (bicyclic) bond motifs is 1. The number of amides is 2. The first-order valence-electron chi connectivity index (χ1n) is 11.1. The molecule has 2 heterocycles. The SMILES string of the molecule is CCc1cccc(CC)c1N1C(=O)C2C(c3ccc(Br)cc3)NC(CC(=O)O)(C(=O)O)C2C1=O. The van der Waals surface area contributed by atoms with Crippen LogP contribution in [-0.4, -0.2) is 39.5 Å². The minimum atomic E-state index is -2.12. The average Bonchev–Trinajstić information content (AvgIpc) is 3.27. The highest BCUT2D eigenvalue weighted by atomic mass is 79.9. The maximum Gasteiger partial charge on any atom is 0.325 e. The van der Waals surface area contributed by atoms with Crippen molar-refractivity contribution >= 4 is 45.4 Å². The number of aryl methyl sites for hydroxylation is 2. The predicted octanol–water partition coefficient (Wildman–Crippen LogP) is 3.32. The number of halogens is 1. The van der Waals surface area contributed by atoms with Crippen molar-refractivity contribution < 1.29 is 29.4 Å². The highest BCUT2D eigenvalue weighted by Gasteiger charge is 2.69. The van der Waals surface area contributed by atoms with E-state index in [1.54, 1.807) is 24.3 Å². The summed E-state index contributed by atoms with van der Waals surface area (Å²) < 4.78 is 0.792. The van der Waals surface area contributed by atoms with Crippen LogP contribution in [0.4, 0.5) is 5.69 Å². The van der Waals surface area contributed by atoms with Gasteiger partial charge >= 0.3 is 11.9 Å². The highest BCUT2D eigenvalue weighted by Crippen LogP contribution is 2.51. The van der Waals surface area contributed by atoms with Crippen LogP contribution in [0, 0.1) is 11.8 Å². The van der Waals surface area contributed by atoms with E-state index in [4.69, 9.17) is 0 Å².